The Morgan fingerprint density at radius 3 is 2.20 bits per heavy atom. The molecule has 0 saturated carbocycles. The number of hydrogen-bond donors (Lipinski definition) is 3. The van der Waals surface area contributed by atoms with Crippen LogP contribution >= 0.6 is 0 Å². The average molecular weight is 230 g/mol. The lowest BCUT2D eigenvalue weighted by molar-refractivity contribution is 0.254. The van der Waals surface area contributed by atoms with E-state index in [1.165, 1.54) is 31.3 Å². The Hall–Kier alpha value is -1.60. The van der Waals surface area contributed by atoms with Crippen LogP contribution in [0.4, 0.5) is 10.5 Å². The number of urea groups is 1. The molecule has 0 unspecified atom stereocenters. The Labute approximate surface area is 87.1 Å². The van der Waals surface area contributed by atoms with Gasteiger partial charge in [-0.1, -0.05) is 0 Å². The topological polar surface area (TPSA) is 95.5 Å². The van der Waals surface area contributed by atoms with Gasteiger partial charge in [0.15, 0.2) is 0 Å². The first-order valence-corrected chi connectivity index (χ1v) is 5.44. The molecule has 0 atom stereocenters. The van der Waals surface area contributed by atoms with E-state index in [1.54, 1.807) is 0 Å². The van der Waals surface area contributed by atoms with Crippen LogP contribution in [-0.4, -0.2) is 26.0 Å². The summed E-state index contributed by atoms with van der Waals surface area (Å²) in [6.45, 7) is 0. The summed E-state index contributed by atoms with van der Waals surface area (Å²) in [6.07, 6.45) is 0. The van der Waals surface area contributed by atoms with Crippen LogP contribution in [0.1, 0.15) is 0 Å². The van der Waals surface area contributed by atoms with E-state index in [9.17, 15) is 13.2 Å². The lowest BCUT2D eigenvalue weighted by Crippen LogP contribution is -2.24. The van der Waals surface area contributed by atoms with E-state index in [0.717, 1.165) is 0 Å². The molecule has 1 aromatic rings. The van der Waals surface area contributed by atoms with Crippen molar-refractivity contribution in [2.75, 3.05) is 12.4 Å². The highest BCUT2D eigenvalue weighted by Crippen LogP contribution is 2.13. The molecule has 82 valence electrons. The Morgan fingerprint density at radius 2 is 1.80 bits per heavy atom. The van der Waals surface area contributed by atoms with E-state index in [-0.39, 0.29) is 4.90 Å². The van der Waals surface area contributed by atoms with E-state index >= 15 is 0 Å². The summed E-state index contributed by atoms with van der Waals surface area (Å²) in [5.74, 6) is 0. The van der Waals surface area contributed by atoms with Crippen molar-refractivity contribution in [1.82, 2.24) is 5.32 Å². The molecule has 0 bridgehead atoms. The molecule has 0 radical (unpaired) electrons. The van der Waals surface area contributed by atoms with Crippen LogP contribution in [0.25, 0.3) is 0 Å². The predicted octanol–water partition coefficient (Wildman–Crippen LogP) is 0.685. The molecule has 2 amide bonds. The molecule has 3 N–H and O–H groups in total. The lowest BCUT2D eigenvalue weighted by Gasteiger charge is -2.04. The first-order chi connectivity index (χ1) is 6.93. The first kappa shape index (κ1) is 11.5. The van der Waals surface area contributed by atoms with Crippen LogP contribution in [0, 0.1) is 0 Å². The van der Waals surface area contributed by atoms with Crippen LogP contribution in [0.15, 0.2) is 29.2 Å². The zero-order chi connectivity index (χ0) is 11.5. The number of hydrogen-bond acceptors (Lipinski definition) is 3. The predicted molar refractivity (Wildman–Crippen MR) is 54.3 cm³/mol. The number of nitrogens with one attached hydrogen (secondary N) is 2. The summed E-state index contributed by atoms with van der Waals surface area (Å²) in [4.78, 5) is 10.7. The van der Waals surface area contributed by atoms with Gasteiger partial charge in [0, 0.05) is 12.7 Å². The summed E-state index contributed by atoms with van der Waals surface area (Å²) >= 11 is 0. The van der Waals surface area contributed by atoms with Crippen molar-refractivity contribution in [3.05, 3.63) is 24.3 Å². The van der Waals surface area contributed by atoms with Gasteiger partial charge in [0.05, 0.1) is 4.90 Å². The maximum Gasteiger partial charge on any atom is 0.318 e. The SMILES string of the molecule is CNC(=O)Nc1ccc(S(=O)(=O)O)cc1. The molecule has 0 aliphatic rings. The van der Waals surface area contributed by atoms with Gasteiger partial charge in [-0.3, -0.25) is 4.55 Å². The molecule has 0 aromatic heterocycles. The minimum atomic E-state index is -4.18. The molecule has 0 spiro atoms. The summed E-state index contributed by atoms with van der Waals surface area (Å²) in [6, 6.07) is 4.73. The molecule has 0 fully saturated rings. The lowest BCUT2D eigenvalue weighted by atomic mass is 10.3. The van der Waals surface area contributed by atoms with Crippen molar-refractivity contribution < 1.29 is 17.8 Å². The second-order valence-corrected chi connectivity index (χ2v) is 4.13. The Balaban J connectivity index is 2.86. The monoisotopic (exact) mass is 230 g/mol. The third-order valence-corrected chi connectivity index (χ3v) is 2.50. The van der Waals surface area contributed by atoms with Crippen LogP contribution in [0.3, 0.4) is 0 Å². The normalized spacial score (nSPS) is 10.8. The van der Waals surface area contributed by atoms with Crippen LogP contribution in [0.5, 0.6) is 0 Å². The number of rotatable bonds is 2. The fourth-order valence-corrected chi connectivity index (χ4v) is 1.38. The summed E-state index contributed by atoms with van der Waals surface area (Å²) in [5.41, 5.74) is 0.432. The van der Waals surface area contributed by atoms with Gasteiger partial charge in [-0.2, -0.15) is 8.42 Å². The van der Waals surface area contributed by atoms with Crippen molar-refractivity contribution in [2.24, 2.45) is 0 Å². The average Bonchev–Trinajstić information content (AvgIpc) is 2.17. The standard InChI is InChI=1S/C8H10N2O4S/c1-9-8(11)10-6-2-4-7(5-3-6)15(12,13)14/h2-5H,1H3,(H2,9,10,11)(H,12,13,14). The number of amides is 2. The Morgan fingerprint density at radius 1 is 1.27 bits per heavy atom. The first-order valence-electron chi connectivity index (χ1n) is 4.00. The molecule has 7 heteroatoms. The zero-order valence-corrected chi connectivity index (χ0v) is 8.71. The maximum absolute atomic E-state index is 10.9. The van der Waals surface area contributed by atoms with Crippen molar-refractivity contribution in [3.63, 3.8) is 0 Å². The van der Waals surface area contributed by atoms with Crippen molar-refractivity contribution in [1.29, 1.82) is 0 Å². The molecule has 1 aromatic carbocycles. The van der Waals surface area contributed by atoms with E-state index in [4.69, 9.17) is 4.55 Å². The van der Waals surface area contributed by atoms with E-state index in [1.807, 2.05) is 0 Å². The smallest absolute Gasteiger partial charge is 0.318 e. The van der Waals surface area contributed by atoms with Gasteiger partial charge in [0.1, 0.15) is 0 Å². The van der Waals surface area contributed by atoms with E-state index in [2.05, 4.69) is 10.6 Å². The van der Waals surface area contributed by atoms with Gasteiger partial charge < -0.3 is 10.6 Å². The quantitative estimate of drug-likeness (QED) is 0.651. The van der Waals surface area contributed by atoms with Gasteiger partial charge in [-0.05, 0) is 24.3 Å². The number of carbonyl (C=O) groups excluding carboxylic acids is 1. The minimum Gasteiger partial charge on any atom is -0.341 e. The second-order valence-electron chi connectivity index (χ2n) is 2.70. The fraction of sp³-hybridized carbons (Fsp3) is 0.125. The highest BCUT2D eigenvalue weighted by atomic mass is 32.2. The summed E-state index contributed by atoms with van der Waals surface area (Å²) < 4.78 is 30.0. The second kappa shape index (κ2) is 4.28. The number of anilines is 1. The molecule has 1 rings (SSSR count). The molecule has 0 heterocycles. The molecule has 0 aliphatic carbocycles. The van der Waals surface area contributed by atoms with Gasteiger partial charge in [-0.25, -0.2) is 4.79 Å². The fourth-order valence-electron chi connectivity index (χ4n) is 0.904. The molecule has 0 saturated heterocycles. The molecular formula is C8H10N2O4S. The molecule has 0 aliphatic heterocycles. The summed E-state index contributed by atoms with van der Waals surface area (Å²) in [7, 11) is -2.72. The van der Waals surface area contributed by atoms with Gasteiger partial charge in [-0.15, -0.1) is 0 Å². The van der Waals surface area contributed by atoms with Gasteiger partial charge >= 0.3 is 6.03 Å². The highest BCUT2D eigenvalue weighted by molar-refractivity contribution is 7.85. The maximum atomic E-state index is 10.9. The summed E-state index contributed by atoms with van der Waals surface area (Å²) in [5, 5.41) is 4.78. The molecular weight excluding hydrogens is 220 g/mol. The van der Waals surface area contributed by atoms with E-state index < -0.39 is 16.1 Å². The van der Waals surface area contributed by atoms with E-state index in [0.29, 0.717) is 5.69 Å². The van der Waals surface area contributed by atoms with Crippen molar-refractivity contribution in [3.8, 4) is 0 Å². The van der Waals surface area contributed by atoms with Crippen molar-refractivity contribution >= 4 is 21.8 Å². The Bertz CT molecular complexity index is 452. The highest BCUT2D eigenvalue weighted by Gasteiger charge is 2.08. The van der Waals surface area contributed by atoms with Crippen molar-refractivity contribution in [2.45, 2.75) is 4.90 Å². The van der Waals surface area contributed by atoms with Crippen LogP contribution in [-0.2, 0) is 10.1 Å². The third-order valence-electron chi connectivity index (χ3n) is 1.64. The third kappa shape index (κ3) is 3.22. The van der Waals surface area contributed by atoms with Gasteiger partial charge in [0.25, 0.3) is 10.1 Å². The molecule has 15 heavy (non-hydrogen) atoms. The van der Waals surface area contributed by atoms with Crippen LogP contribution in [0.2, 0.25) is 0 Å². The largest absolute Gasteiger partial charge is 0.341 e. The minimum absolute atomic E-state index is 0.218. The van der Waals surface area contributed by atoms with Crippen LogP contribution < -0.4 is 10.6 Å². The number of benzene rings is 1. The molecule has 6 nitrogen and oxygen atoms in total. The zero-order valence-electron chi connectivity index (χ0n) is 7.89. The number of carbonyl (C=O) groups is 1. The van der Waals surface area contributed by atoms with Gasteiger partial charge in [0.2, 0.25) is 0 Å². The Kier molecular flexibility index (Phi) is 3.28.